The second-order valence-electron chi connectivity index (χ2n) is 9.39. The zero-order valence-electron chi connectivity index (χ0n) is 23.5. The van der Waals surface area contributed by atoms with Crippen LogP contribution in [0, 0.1) is 12.3 Å². The maximum atomic E-state index is 13.5. The van der Waals surface area contributed by atoms with Crippen molar-refractivity contribution in [3.05, 3.63) is 59.0 Å². The van der Waals surface area contributed by atoms with E-state index in [-0.39, 0.29) is 35.0 Å². The number of unbranched alkanes of at least 4 members (excludes halogenated alkanes) is 2. The molecule has 0 unspecified atom stereocenters. The van der Waals surface area contributed by atoms with Crippen LogP contribution in [0.1, 0.15) is 36.1 Å². The van der Waals surface area contributed by atoms with E-state index in [0.29, 0.717) is 33.2 Å². The number of ether oxygens (including phenoxy) is 1. The standard InChI is InChI=1S/C28H29F3N4O6S3/c1-16-13-18(35-27(38)34-12-5-3-4-9-23(36)41-26(37)28(29,30)31)10-11-20(16)17-7-6-8-19(14-17)44(39,40)22-15-21(24(32)33)43-25(22)42-2/h6-8,10-11,13-15H,3-5,9,12H2,1-2H3,(H3,32,33)(H2,34,35,38). The van der Waals surface area contributed by atoms with E-state index in [1.165, 1.54) is 23.9 Å². The summed E-state index contributed by atoms with van der Waals surface area (Å²) in [4.78, 5) is 34.8. The Bertz CT molecular complexity index is 1670. The highest BCUT2D eigenvalue weighted by Crippen LogP contribution is 2.38. The Morgan fingerprint density at radius 3 is 2.43 bits per heavy atom. The van der Waals surface area contributed by atoms with Gasteiger partial charge in [-0.15, -0.1) is 23.1 Å². The summed E-state index contributed by atoms with van der Waals surface area (Å²) >= 11 is 2.41. The first-order valence-electron chi connectivity index (χ1n) is 13.0. The number of halogens is 3. The summed E-state index contributed by atoms with van der Waals surface area (Å²) in [6, 6.07) is 12.6. The average molecular weight is 671 g/mol. The molecule has 2 amide bonds. The Morgan fingerprint density at radius 2 is 1.80 bits per heavy atom. The smallest absolute Gasteiger partial charge is 0.386 e. The molecule has 0 radical (unpaired) electrons. The normalized spacial score (nSPS) is 11.6. The number of carbonyl (C=O) groups excluding carboxylic acids is 3. The van der Waals surface area contributed by atoms with E-state index < -0.39 is 34.0 Å². The average Bonchev–Trinajstić information content (AvgIpc) is 3.41. The van der Waals surface area contributed by atoms with Crippen LogP contribution in [-0.4, -0.2) is 51.2 Å². The third-order valence-corrected chi connectivity index (χ3v) is 10.5. The molecule has 0 fully saturated rings. The van der Waals surface area contributed by atoms with Gasteiger partial charge in [0.1, 0.15) is 5.84 Å². The molecule has 236 valence electrons. The molecule has 0 saturated heterocycles. The van der Waals surface area contributed by atoms with E-state index in [1.54, 1.807) is 42.7 Å². The van der Waals surface area contributed by atoms with Gasteiger partial charge in [0.2, 0.25) is 9.84 Å². The summed E-state index contributed by atoms with van der Waals surface area (Å²) in [6.45, 7) is 2.05. The molecule has 0 spiro atoms. The third kappa shape index (κ3) is 9.06. The van der Waals surface area contributed by atoms with Crippen LogP contribution < -0.4 is 16.4 Å². The van der Waals surface area contributed by atoms with Gasteiger partial charge in [0.15, 0.2) is 0 Å². The van der Waals surface area contributed by atoms with Gasteiger partial charge >= 0.3 is 24.1 Å². The zero-order chi connectivity index (χ0) is 32.7. The van der Waals surface area contributed by atoms with Crippen molar-refractivity contribution in [2.24, 2.45) is 5.73 Å². The Hall–Kier alpha value is -3.89. The van der Waals surface area contributed by atoms with Crippen molar-refractivity contribution >= 4 is 62.4 Å². The maximum absolute atomic E-state index is 13.5. The first-order chi connectivity index (χ1) is 20.6. The van der Waals surface area contributed by atoms with Crippen LogP contribution in [-0.2, 0) is 24.2 Å². The lowest BCUT2D eigenvalue weighted by Gasteiger charge is -2.12. The minimum Gasteiger partial charge on any atom is -0.386 e. The lowest BCUT2D eigenvalue weighted by Crippen LogP contribution is -2.29. The van der Waals surface area contributed by atoms with Gasteiger partial charge in [-0.1, -0.05) is 24.6 Å². The van der Waals surface area contributed by atoms with Gasteiger partial charge in [-0.25, -0.2) is 18.0 Å². The molecule has 2 aromatic carbocycles. The van der Waals surface area contributed by atoms with E-state index in [2.05, 4.69) is 15.4 Å². The Morgan fingerprint density at radius 1 is 1.07 bits per heavy atom. The molecule has 44 heavy (non-hydrogen) atoms. The highest BCUT2D eigenvalue weighted by Gasteiger charge is 2.42. The molecule has 0 aliphatic carbocycles. The second-order valence-corrected chi connectivity index (χ2v) is 13.4. The molecule has 3 rings (SSSR count). The van der Waals surface area contributed by atoms with Crippen LogP contribution in [0.3, 0.4) is 0 Å². The predicted octanol–water partition coefficient (Wildman–Crippen LogP) is 5.88. The molecule has 0 aliphatic heterocycles. The summed E-state index contributed by atoms with van der Waals surface area (Å²) in [5, 5.41) is 13.0. The van der Waals surface area contributed by atoms with E-state index in [4.69, 9.17) is 11.1 Å². The van der Waals surface area contributed by atoms with Crippen molar-refractivity contribution < 1.29 is 40.7 Å². The summed E-state index contributed by atoms with van der Waals surface area (Å²) < 4.78 is 67.5. The number of nitrogens with one attached hydrogen (secondary N) is 3. The fourth-order valence-corrected chi connectivity index (χ4v) is 7.91. The number of urea groups is 1. The molecule has 5 N–H and O–H groups in total. The SMILES string of the molecule is CSc1sc(C(=N)N)cc1S(=O)(=O)c1cccc(-c2ccc(NC(=O)NCCCCCC(=O)OC(=O)C(F)(F)F)cc2C)c1. The highest BCUT2D eigenvalue weighted by molar-refractivity contribution is 8.01. The van der Waals surface area contributed by atoms with Gasteiger partial charge in [0, 0.05) is 18.7 Å². The fourth-order valence-electron chi connectivity index (χ4n) is 4.00. The molecule has 10 nitrogen and oxygen atoms in total. The number of nitrogens with two attached hydrogens (primary N) is 1. The van der Waals surface area contributed by atoms with Crippen molar-refractivity contribution in [1.29, 1.82) is 5.41 Å². The monoisotopic (exact) mass is 670 g/mol. The lowest BCUT2D eigenvalue weighted by atomic mass is 10.00. The minimum atomic E-state index is -5.23. The van der Waals surface area contributed by atoms with Gasteiger partial charge in [-0.05, 0) is 73.0 Å². The first-order valence-corrected chi connectivity index (χ1v) is 16.5. The number of hydrogen-bond acceptors (Lipinski definition) is 9. The summed E-state index contributed by atoms with van der Waals surface area (Å²) in [7, 11) is -3.90. The molecule has 16 heteroatoms. The number of esters is 2. The van der Waals surface area contributed by atoms with E-state index in [9.17, 15) is 36.0 Å². The van der Waals surface area contributed by atoms with Crippen molar-refractivity contribution in [3.8, 4) is 11.1 Å². The van der Waals surface area contributed by atoms with Gasteiger partial charge < -0.3 is 21.1 Å². The number of carbonyl (C=O) groups is 3. The first kappa shape index (κ1) is 34.6. The van der Waals surface area contributed by atoms with Crippen LogP contribution >= 0.6 is 23.1 Å². The Balaban J connectivity index is 1.56. The van der Waals surface area contributed by atoms with Crippen LogP contribution in [0.5, 0.6) is 0 Å². The van der Waals surface area contributed by atoms with Gasteiger partial charge in [0.05, 0.1) is 18.9 Å². The number of sulfone groups is 1. The number of hydrogen-bond donors (Lipinski definition) is 4. The number of amidine groups is 1. The van der Waals surface area contributed by atoms with Crippen molar-refractivity contribution in [2.45, 2.75) is 52.8 Å². The number of anilines is 1. The number of rotatable bonds is 12. The van der Waals surface area contributed by atoms with Gasteiger partial charge in [-0.2, -0.15) is 13.2 Å². The van der Waals surface area contributed by atoms with Crippen molar-refractivity contribution in [3.63, 3.8) is 0 Å². The summed E-state index contributed by atoms with van der Waals surface area (Å²) in [5.74, 6) is -4.02. The summed E-state index contributed by atoms with van der Waals surface area (Å²) in [6.07, 6.45) is -2.81. The molecule has 0 aliphatic rings. The molecule has 0 atom stereocenters. The fraction of sp³-hybridized carbons (Fsp3) is 0.286. The minimum absolute atomic E-state index is 0.0888. The van der Waals surface area contributed by atoms with Crippen molar-refractivity contribution in [2.75, 3.05) is 18.1 Å². The largest absolute Gasteiger partial charge is 0.491 e. The van der Waals surface area contributed by atoms with E-state index >= 15 is 0 Å². The number of nitrogen functional groups attached to an aromatic ring is 1. The number of alkyl halides is 3. The number of amides is 2. The summed E-state index contributed by atoms with van der Waals surface area (Å²) in [5.41, 5.74) is 8.24. The van der Waals surface area contributed by atoms with Crippen molar-refractivity contribution in [1.82, 2.24) is 5.32 Å². The number of thiophene rings is 1. The predicted molar refractivity (Wildman–Crippen MR) is 162 cm³/mol. The molecular weight excluding hydrogens is 642 g/mol. The van der Waals surface area contributed by atoms with Crippen LogP contribution in [0.2, 0.25) is 0 Å². The van der Waals surface area contributed by atoms with Crippen LogP contribution in [0.4, 0.5) is 23.7 Å². The van der Waals surface area contributed by atoms with Crippen LogP contribution in [0.15, 0.2) is 62.5 Å². The molecule has 0 saturated carbocycles. The molecular formula is C28H29F3N4O6S3. The third-order valence-electron chi connectivity index (χ3n) is 6.13. The molecule has 1 heterocycles. The number of aryl methyl sites for hydroxylation is 1. The quantitative estimate of drug-likeness (QED) is 0.0463. The number of thioether (sulfide) groups is 1. The highest BCUT2D eigenvalue weighted by atomic mass is 32.2. The maximum Gasteiger partial charge on any atom is 0.491 e. The van der Waals surface area contributed by atoms with E-state index in [0.717, 1.165) is 22.5 Å². The zero-order valence-corrected chi connectivity index (χ0v) is 26.0. The number of benzene rings is 2. The molecule has 1 aromatic heterocycles. The molecule has 0 bridgehead atoms. The van der Waals surface area contributed by atoms with E-state index in [1.807, 2.05) is 6.92 Å². The van der Waals surface area contributed by atoms with Gasteiger partial charge in [0.25, 0.3) is 0 Å². The Labute approximate surface area is 260 Å². The molecule has 3 aromatic rings. The Kier molecular flexibility index (Phi) is 11.6. The lowest BCUT2D eigenvalue weighted by molar-refractivity contribution is -0.201. The van der Waals surface area contributed by atoms with Gasteiger partial charge in [-0.3, -0.25) is 10.2 Å². The van der Waals surface area contributed by atoms with Crippen LogP contribution in [0.25, 0.3) is 11.1 Å². The topological polar surface area (TPSA) is 169 Å². The second kappa shape index (κ2) is 14.7.